The molecule has 1 radical (unpaired) electrons. The Bertz CT molecular complexity index is 379. The first-order valence-corrected chi connectivity index (χ1v) is 6.69. The lowest BCUT2D eigenvalue weighted by molar-refractivity contribution is 1.23. The number of hydrogen-bond acceptors (Lipinski definition) is 1. The maximum Gasteiger partial charge on any atom is 0.0267 e. The molecule has 2 heteroatoms. The number of rotatable bonds is 3. The molecule has 2 rings (SSSR count). The van der Waals surface area contributed by atoms with E-state index in [-0.39, 0.29) is 0 Å². The minimum absolute atomic E-state index is 1.05. The van der Waals surface area contributed by atoms with E-state index in [1.165, 1.54) is 15.0 Å². The molecule has 0 aliphatic heterocycles. The van der Waals surface area contributed by atoms with Crippen molar-refractivity contribution >= 4 is 27.7 Å². The van der Waals surface area contributed by atoms with Crippen molar-refractivity contribution in [1.29, 1.82) is 0 Å². The van der Waals surface area contributed by atoms with E-state index in [2.05, 4.69) is 64.8 Å². The highest BCUT2D eigenvalue weighted by Crippen LogP contribution is 2.33. The van der Waals surface area contributed by atoms with E-state index in [0.717, 1.165) is 12.2 Å². The van der Waals surface area contributed by atoms with E-state index < -0.39 is 0 Å². The van der Waals surface area contributed by atoms with Crippen LogP contribution in [0.5, 0.6) is 0 Å². The van der Waals surface area contributed by atoms with Gasteiger partial charge < -0.3 is 0 Å². The summed E-state index contributed by atoms with van der Waals surface area (Å²) in [5, 5.41) is 0. The molecule has 0 heterocycles. The third kappa shape index (κ3) is 3.25. The summed E-state index contributed by atoms with van der Waals surface area (Å²) >= 11 is 5.49. The Balaban J connectivity index is 1.96. The van der Waals surface area contributed by atoms with Gasteiger partial charge in [0, 0.05) is 10.2 Å². The van der Waals surface area contributed by atoms with Crippen LogP contribution in [-0.2, 0) is 5.75 Å². The zero-order chi connectivity index (χ0) is 10.5. The van der Waals surface area contributed by atoms with Gasteiger partial charge in [-0.05, 0) is 39.2 Å². The SMILES string of the molecule is BrC1=C(SCc2ccccc2)C[CH]C=C1. The summed E-state index contributed by atoms with van der Waals surface area (Å²) in [5.41, 5.74) is 1.38. The average Bonchev–Trinajstić information content (AvgIpc) is 2.29. The van der Waals surface area contributed by atoms with Crippen LogP contribution in [0.3, 0.4) is 0 Å². The number of allylic oxidation sites excluding steroid dienone is 4. The van der Waals surface area contributed by atoms with Crippen molar-refractivity contribution in [2.75, 3.05) is 0 Å². The third-order valence-corrected chi connectivity index (χ3v) is 4.42. The van der Waals surface area contributed by atoms with Gasteiger partial charge in [-0.3, -0.25) is 0 Å². The van der Waals surface area contributed by atoms with Crippen LogP contribution in [0.25, 0.3) is 0 Å². The van der Waals surface area contributed by atoms with Crippen molar-refractivity contribution in [1.82, 2.24) is 0 Å². The van der Waals surface area contributed by atoms with Gasteiger partial charge in [0.25, 0.3) is 0 Å². The maximum absolute atomic E-state index is 3.58. The van der Waals surface area contributed by atoms with Crippen molar-refractivity contribution in [3.8, 4) is 0 Å². The molecule has 0 nitrogen and oxygen atoms in total. The van der Waals surface area contributed by atoms with Gasteiger partial charge in [-0.2, -0.15) is 0 Å². The van der Waals surface area contributed by atoms with Gasteiger partial charge in [0.05, 0.1) is 0 Å². The second kappa shape index (κ2) is 5.57. The minimum Gasteiger partial charge on any atom is -0.125 e. The predicted molar refractivity (Wildman–Crippen MR) is 71.7 cm³/mol. The zero-order valence-electron chi connectivity index (χ0n) is 8.32. The topological polar surface area (TPSA) is 0 Å². The summed E-state index contributed by atoms with van der Waals surface area (Å²) in [5.74, 6) is 1.05. The van der Waals surface area contributed by atoms with Crippen LogP contribution in [-0.4, -0.2) is 0 Å². The summed E-state index contributed by atoms with van der Waals surface area (Å²) in [7, 11) is 0. The standard InChI is InChI=1S/C13H12BrS/c14-12-8-4-5-9-13(12)15-10-11-6-2-1-3-7-11/h1-8H,9-10H2. The van der Waals surface area contributed by atoms with E-state index in [0.29, 0.717) is 0 Å². The molecule has 0 fully saturated rings. The van der Waals surface area contributed by atoms with Crippen molar-refractivity contribution in [2.24, 2.45) is 0 Å². The Morgan fingerprint density at radius 1 is 1.20 bits per heavy atom. The van der Waals surface area contributed by atoms with E-state index >= 15 is 0 Å². The lowest BCUT2D eigenvalue weighted by Crippen LogP contribution is -1.88. The van der Waals surface area contributed by atoms with Gasteiger partial charge in [-0.25, -0.2) is 0 Å². The summed E-state index contributed by atoms with van der Waals surface area (Å²) in [6, 6.07) is 10.6. The highest BCUT2D eigenvalue weighted by Gasteiger charge is 2.06. The fourth-order valence-corrected chi connectivity index (χ4v) is 3.00. The number of benzene rings is 1. The fourth-order valence-electron chi connectivity index (χ4n) is 1.39. The lowest BCUT2D eigenvalue weighted by Gasteiger charge is -2.11. The van der Waals surface area contributed by atoms with E-state index in [1.54, 1.807) is 0 Å². The van der Waals surface area contributed by atoms with Gasteiger partial charge in [0.1, 0.15) is 0 Å². The van der Waals surface area contributed by atoms with Gasteiger partial charge in [-0.1, -0.05) is 42.5 Å². The molecule has 0 bridgehead atoms. The Labute approximate surface area is 104 Å². The Kier molecular flexibility index (Phi) is 4.09. The highest BCUT2D eigenvalue weighted by atomic mass is 79.9. The third-order valence-electron chi connectivity index (χ3n) is 2.20. The summed E-state index contributed by atoms with van der Waals surface area (Å²) in [4.78, 5) is 1.42. The summed E-state index contributed by atoms with van der Waals surface area (Å²) < 4.78 is 1.23. The summed E-state index contributed by atoms with van der Waals surface area (Å²) in [6.07, 6.45) is 7.44. The van der Waals surface area contributed by atoms with Crippen LogP contribution in [0.4, 0.5) is 0 Å². The van der Waals surface area contributed by atoms with Crippen molar-refractivity contribution in [2.45, 2.75) is 12.2 Å². The van der Waals surface area contributed by atoms with Crippen molar-refractivity contribution in [3.63, 3.8) is 0 Å². The smallest absolute Gasteiger partial charge is 0.0267 e. The Morgan fingerprint density at radius 2 is 2.00 bits per heavy atom. The van der Waals surface area contributed by atoms with Crippen LogP contribution in [0.15, 0.2) is 51.9 Å². The molecule has 0 atom stereocenters. The molecule has 0 unspecified atom stereocenters. The monoisotopic (exact) mass is 279 g/mol. The molecular formula is C13H12BrS. The molecular weight excluding hydrogens is 268 g/mol. The molecule has 1 aliphatic carbocycles. The zero-order valence-corrected chi connectivity index (χ0v) is 10.7. The second-order valence-electron chi connectivity index (χ2n) is 3.34. The largest absolute Gasteiger partial charge is 0.125 e. The maximum atomic E-state index is 3.58. The van der Waals surface area contributed by atoms with Crippen LogP contribution in [0, 0.1) is 6.42 Å². The molecule has 0 spiro atoms. The molecule has 0 amide bonds. The molecule has 0 aromatic heterocycles. The number of halogens is 1. The van der Waals surface area contributed by atoms with Crippen molar-refractivity contribution in [3.05, 3.63) is 63.9 Å². The molecule has 1 aromatic rings. The molecule has 77 valence electrons. The van der Waals surface area contributed by atoms with Crippen LogP contribution < -0.4 is 0 Å². The first kappa shape index (κ1) is 11.0. The lowest BCUT2D eigenvalue weighted by atomic mass is 10.2. The second-order valence-corrected chi connectivity index (χ2v) is 5.27. The predicted octanol–water partition coefficient (Wildman–Crippen LogP) is 4.69. The number of hydrogen-bond donors (Lipinski definition) is 0. The van der Waals surface area contributed by atoms with E-state index in [4.69, 9.17) is 0 Å². The van der Waals surface area contributed by atoms with E-state index in [9.17, 15) is 0 Å². The van der Waals surface area contributed by atoms with Gasteiger partial charge in [0.2, 0.25) is 0 Å². The first-order valence-electron chi connectivity index (χ1n) is 4.91. The Morgan fingerprint density at radius 3 is 2.73 bits per heavy atom. The fraction of sp³-hybridized carbons (Fsp3) is 0.154. The molecule has 0 saturated heterocycles. The highest BCUT2D eigenvalue weighted by molar-refractivity contribution is 9.12. The molecule has 1 aliphatic rings. The van der Waals surface area contributed by atoms with Gasteiger partial charge in [-0.15, -0.1) is 11.8 Å². The van der Waals surface area contributed by atoms with Crippen molar-refractivity contribution < 1.29 is 0 Å². The molecule has 1 aromatic carbocycles. The Hall–Kier alpha value is -0.470. The van der Waals surface area contributed by atoms with Crippen LogP contribution in [0.2, 0.25) is 0 Å². The molecule has 0 saturated carbocycles. The molecule has 0 N–H and O–H groups in total. The average molecular weight is 280 g/mol. The first-order chi connectivity index (χ1) is 7.36. The molecule has 15 heavy (non-hydrogen) atoms. The summed E-state index contributed by atoms with van der Waals surface area (Å²) in [6.45, 7) is 0. The van der Waals surface area contributed by atoms with Gasteiger partial charge >= 0.3 is 0 Å². The van der Waals surface area contributed by atoms with Crippen LogP contribution in [0.1, 0.15) is 12.0 Å². The number of thioether (sulfide) groups is 1. The van der Waals surface area contributed by atoms with Gasteiger partial charge in [0.15, 0.2) is 0 Å². The van der Waals surface area contributed by atoms with E-state index in [1.807, 2.05) is 11.8 Å². The van der Waals surface area contributed by atoms with Crippen LogP contribution >= 0.6 is 27.7 Å². The minimum atomic E-state index is 1.05. The normalized spacial score (nSPS) is 15.8. The quantitative estimate of drug-likeness (QED) is 0.774.